The monoisotopic (exact) mass is 198 g/mol. The van der Waals surface area contributed by atoms with E-state index in [0.29, 0.717) is 17.7 Å². The van der Waals surface area contributed by atoms with Gasteiger partial charge in [-0.15, -0.1) is 0 Å². The second kappa shape index (κ2) is 4.42. The van der Waals surface area contributed by atoms with Crippen LogP contribution in [-0.2, 0) is 6.42 Å². The molecule has 14 heavy (non-hydrogen) atoms. The molecule has 2 nitrogen and oxygen atoms in total. The number of ether oxygens (including phenoxy) is 1. The first-order valence-electron chi connectivity index (χ1n) is 4.55. The fraction of sp³-hybridized carbons (Fsp3) is 0.455. The van der Waals surface area contributed by atoms with Gasteiger partial charge in [0.15, 0.2) is 0 Å². The lowest BCUT2D eigenvalue weighted by Crippen LogP contribution is -2.05. The van der Waals surface area contributed by atoms with Crippen LogP contribution in [0.4, 0.5) is 4.39 Å². The summed E-state index contributed by atoms with van der Waals surface area (Å²) >= 11 is 0. The largest absolute Gasteiger partial charge is 0.496 e. The summed E-state index contributed by atoms with van der Waals surface area (Å²) in [6.07, 6.45) is -0.0325. The van der Waals surface area contributed by atoms with Crippen LogP contribution in [0, 0.1) is 12.7 Å². The number of benzene rings is 1. The van der Waals surface area contributed by atoms with Gasteiger partial charge in [-0.2, -0.15) is 0 Å². The van der Waals surface area contributed by atoms with E-state index in [1.807, 2.05) is 0 Å². The summed E-state index contributed by atoms with van der Waals surface area (Å²) in [6.45, 7) is 3.34. The fourth-order valence-corrected chi connectivity index (χ4v) is 1.38. The van der Waals surface area contributed by atoms with Crippen LogP contribution < -0.4 is 4.74 Å². The maximum atomic E-state index is 13.3. The first kappa shape index (κ1) is 11.0. The molecule has 1 unspecified atom stereocenters. The van der Waals surface area contributed by atoms with Gasteiger partial charge in [0, 0.05) is 5.56 Å². The zero-order chi connectivity index (χ0) is 10.7. The van der Waals surface area contributed by atoms with Crippen molar-refractivity contribution in [3.8, 4) is 5.75 Å². The van der Waals surface area contributed by atoms with Crippen LogP contribution in [0.5, 0.6) is 5.75 Å². The summed E-state index contributed by atoms with van der Waals surface area (Å²) in [5.41, 5.74) is 1.25. The molecule has 0 saturated heterocycles. The van der Waals surface area contributed by atoms with Gasteiger partial charge in [0.25, 0.3) is 0 Å². The standard InChI is InChI=1S/C11H15FO2/c1-7(13)4-9-5-10(12)8(2)11(6-9)14-3/h5-7,13H,4H2,1-3H3. The van der Waals surface area contributed by atoms with Gasteiger partial charge in [-0.25, -0.2) is 4.39 Å². The van der Waals surface area contributed by atoms with Crippen molar-refractivity contribution in [3.05, 3.63) is 29.1 Å². The molecule has 0 aliphatic rings. The Labute approximate surface area is 83.3 Å². The van der Waals surface area contributed by atoms with Crippen molar-refractivity contribution in [1.29, 1.82) is 0 Å². The Hall–Kier alpha value is -1.09. The maximum Gasteiger partial charge on any atom is 0.130 e. The van der Waals surface area contributed by atoms with Gasteiger partial charge in [0.05, 0.1) is 13.2 Å². The van der Waals surface area contributed by atoms with E-state index in [1.54, 1.807) is 19.9 Å². The molecule has 0 heterocycles. The third-order valence-electron chi connectivity index (χ3n) is 2.11. The molecule has 1 aromatic carbocycles. The number of halogens is 1. The van der Waals surface area contributed by atoms with Crippen LogP contribution in [0.25, 0.3) is 0 Å². The Morgan fingerprint density at radius 2 is 2.14 bits per heavy atom. The number of hydrogen-bond acceptors (Lipinski definition) is 2. The minimum absolute atomic E-state index is 0.292. The number of aliphatic hydroxyl groups excluding tert-OH is 1. The Balaban J connectivity index is 3.03. The fourth-order valence-electron chi connectivity index (χ4n) is 1.38. The molecule has 0 spiro atoms. The van der Waals surface area contributed by atoms with Gasteiger partial charge in [0.1, 0.15) is 11.6 Å². The van der Waals surface area contributed by atoms with E-state index in [9.17, 15) is 4.39 Å². The maximum absolute atomic E-state index is 13.3. The normalized spacial score (nSPS) is 12.6. The lowest BCUT2D eigenvalue weighted by atomic mass is 10.1. The molecular formula is C11H15FO2. The Bertz CT molecular complexity index is 321. The third kappa shape index (κ3) is 2.45. The highest BCUT2D eigenvalue weighted by molar-refractivity contribution is 5.38. The molecule has 0 aliphatic heterocycles. The van der Waals surface area contributed by atoms with E-state index in [2.05, 4.69) is 0 Å². The van der Waals surface area contributed by atoms with Crippen molar-refractivity contribution < 1.29 is 14.2 Å². The summed E-state index contributed by atoms with van der Waals surface area (Å²) in [5.74, 6) is 0.237. The van der Waals surface area contributed by atoms with Crippen molar-refractivity contribution in [2.24, 2.45) is 0 Å². The molecule has 0 fully saturated rings. The zero-order valence-corrected chi connectivity index (χ0v) is 8.67. The number of rotatable bonds is 3. The Morgan fingerprint density at radius 3 is 2.64 bits per heavy atom. The Kier molecular flexibility index (Phi) is 3.47. The molecule has 1 atom stereocenters. The lowest BCUT2D eigenvalue weighted by Gasteiger charge is -2.10. The summed E-state index contributed by atoms with van der Waals surface area (Å²) in [5, 5.41) is 9.17. The highest BCUT2D eigenvalue weighted by Crippen LogP contribution is 2.23. The minimum atomic E-state index is -0.471. The molecule has 3 heteroatoms. The van der Waals surface area contributed by atoms with Crippen LogP contribution in [0.15, 0.2) is 12.1 Å². The molecule has 1 N–H and O–H groups in total. The second-order valence-electron chi connectivity index (χ2n) is 3.46. The molecule has 0 radical (unpaired) electrons. The van der Waals surface area contributed by atoms with Gasteiger partial charge in [-0.1, -0.05) is 0 Å². The highest BCUT2D eigenvalue weighted by Gasteiger charge is 2.08. The molecule has 0 amide bonds. The predicted octanol–water partition coefficient (Wildman–Crippen LogP) is 2.07. The second-order valence-corrected chi connectivity index (χ2v) is 3.46. The average molecular weight is 198 g/mol. The smallest absolute Gasteiger partial charge is 0.130 e. The van der Waals surface area contributed by atoms with Crippen LogP contribution in [0.2, 0.25) is 0 Å². The van der Waals surface area contributed by atoms with E-state index in [4.69, 9.17) is 9.84 Å². The molecule has 0 bridgehead atoms. The quantitative estimate of drug-likeness (QED) is 0.805. The van der Waals surface area contributed by atoms with Crippen LogP contribution in [0.1, 0.15) is 18.1 Å². The predicted molar refractivity (Wildman–Crippen MR) is 53.1 cm³/mol. The molecule has 0 aliphatic carbocycles. The van der Waals surface area contributed by atoms with E-state index in [0.717, 1.165) is 5.56 Å². The number of hydrogen-bond donors (Lipinski definition) is 1. The van der Waals surface area contributed by atoms with Crippen molar-refractivity contribution >= 4 is 0 Å². The van der Waals surface area contributed by atoms with Gasteiger partial charge in [-0.3, -0.25) is 0 Å². The van der Waals surface area contributed by atoms with E-state index >= 15 is 0 Å². The zero-order valence-electron chi connectivity index (χ0n) is 8.67. The number of methoxy groups -OCH3 is 1. The van der Waals surface area contributed by atoms with Crippen LogP contribution >= 0.6 is 0 Å². The minimum Gasteiger partial charge on any atom is -0.496 e. The summed E-state index contributed by atoms with van der Waals surface area (Å²) < 4.78 is 18.3. The van der Waals surface area contributed by atoms with Gasteiger partial charge in [-0.05, 0) is 38.0 Å². The molecular weight excluding hydrogens is 183 g/mol. The first-order chi connectivity index (χ1) is 6.54. The molecule has 0 saturated carbocycles. The Morgan fingerprint density at radius 1 is 1.50 bits per heavy atom. The van der Waals surface area contributed by atoms with Crippen LogP contribution in [0.3, 0.4) is 0 Å². The summed E-state index contributed by atoms with van der Waals surface area (Å²) in [7, 11) is 1.51. The van der Waals surface area contributed by atoms with Gasteiger partial charge in [0.2, 0.25) is 0 Å². The van der Waals surface area contributed by atoms with E-state index in [-0.39, 0.29) is 5.82 Å². The molecule has 1 rings (SSSR count). The average Bonchev–Trinajstić information content (AvgIpc) is 2.10. The van der Waals surface area contributed by atoms with Crippen molar-refractivity contribution in [2.45, 2.75) is 26.4 Å². The van der Waals surface area contributed by atoms with E-state index in [1.165, 1.54) is 13.2 Å². The summed E-state index contributed by atoms with van der Waals surface area (Å²) in [4.78, 5) is 0. The molecule has 1 aromatic rings. The highest BCUT2D eigenvalue weighted by atomic mass is 19.1. The van der Waals surface area contributed by atoms with Gasteiger partial charge < -0.3 is 9.84 Å². The molecule has 78 valence electrons. The molecule has 0 aromatic heterocycles. The number of aliphatic hydroxyl groups is 1. The van der Waals surface area contributed by atoms with Crippen LogP contribution in [-0.4, -0.2) is 18.3 Å². The van der Waals surface area contributed by atoms with Crippen molar-refractivity contribution in [3.63, 3.8) is 0 Å². The SMILES string of the molecule is COc1cc(CC(C)O)cc(F)c1C. The third-order valence-corrected chi connectivity index (χ3v) is 2.11. The van der Waals surface area contributed by atoms with Crippen molar-refractivity contribution in [2.75, 3.05) is 7.11 Å². The van der Waals surface area contributed by atoms with E-state index < -0.39 is 6.10 Å². The van der Waals surface area contributed by atoms with Crippen molar-refractivity contribution in [1.82, 2.24) is 0 Å². The summed E-state index contributed by atoms with van der Waals surface area (Å²) in [6, 6.07) is 3.19. The first-order valence-corrected chi connectivity index (χ1v) is 4.55. The lowest BCUT2D eigenvalue weighted by molar-refractivity contribution is 0.195. The van der Waals surface area contributed by atoms with Gasteiger partial charge >= 0.3 is 0 Å². The topological polar surface area (TPSA) is 29.5 Å².